The van der Waals surface area contributed by atoms with Gasteiger partial charge in [-0.05, 0) is 60.0 Å². The molecular weight excluding hydrogens is 309 g/mol. The van der Waals surface area contributed by atoms with Crippen molar-refractivity contribution in [2.45, 2.75) is 71.8 Å². The van der Waals surface area contributed by atoms with Crippen LogP contribution in [0.3, 0.4) is 0 Å². The van der Waals surface area contributed by atoms with E-state index in [1.165, 1.54) is 10.6 Å². The second-order valence-electron chi connectivity index (χ2n) is 8.10. The smallest absolute Gasteiger partial charge is 0.459 e. The molecule has 1 aliphatic rings. The van der Waals surface area contributed by atoms with E-state index in [-0.39, 0.29) is 12.1 Å². The number of hydrogen-bond donors (Lipinski definition) is 0. The zero-order valence-corrected chi connectivity index (χ0v) is 15.5. The third kappa shape index (κ3) is 4.08. The molecule has 0 atom stereocenters. The fraction of sp³-hybridized carbons (Fsp3) is 0.647. The zero-order valence-electron chi connectivity index (χ0n) is 15.5. The van der Waals surface area contributed by atoms with Crippen LogP contribution in [0.15, 0.2) is 23.1 Å². The van der Waals surface area contributed by atoms with Crippen LogP contribution >= 0.6 is 0 Å². The van der Waals surface area contributed by atoms with Crippen LogP contribution in [0.5, 0.6) is 0 Å². The molecule has 1 fully saturated rings. The zero-order chi connectivity index (χ0) is 18.3. The molecule has 7 heteroatoms. The Morgan fingerprint density at radius 1 is 1.21 bits per heavy atom. The summed E-state index contributed by atoms with van der Waals surface area (Å²) in [6.45, 7) is 13.1. The highest BCUT2D eigenvalue weighted by Gasteiger charge is 2.51. The lowest BCUT2D eigenvalue weighted by Crippen LogP contribution is -2.41. The van der Waals surface area contributed by atoms with Crippen molar-refractivity contribution in [3.63, 3.8) is 0 Å². The lowest BCUT2D eigenvalue weighted by molar-refractivity contribution is -0.155. The number of ether oxygens (including phenoxy) is 1. The Hall–Kier alpha value is -1.60. The van der Waals surface area contributed by atoms with Gasteiger partial charge in [-0.1, -0.05) is 0 Å². The normalized spacial score (nSPS) is 19.4. The minimum absolute atomic E-state index is 0.125. The van der Waals surface area contributed by atoms with Crippen molar-refractivity contribution in [2.24, 2.45) is 0 Å². The lowest BCUT2D eigenvalue weighted by Gasteiger charge is -2.32. The van der Waals surface area contributed by atoms with Gasteiger partial charge in [-0.2, -0.15) is 0 Å². The predicted molar refractivity (Wildman–Crippen MR) is 92.3 cm³/mol. The second kappa shape index (κ2) is 6.04. The molecule has 2 heterocycles. The van der Waals surface area contributed by atoms with Gasteiger partial charge in [0.2, 0.25) is 0 Å². The molecular formula is C17H26BNO5. The first-order valence-electron chi connectivity index (χ1n) is 8.09. The lowest BCUT2D eigenvalue weighted by atomic mass is 9.80. The number of esters is 1. The van der Waals surface area contributed by atoms with Gasteiger partial charge in [-0.25, -0.2) is 0 Å². The highest BCUT2D eigenvalue weighted by molar-refractivity contribution is 6.62. The average Bonchev–Trinajstić information content (AvgIpc) is 2.58. The van der Waals surface area contributed by atoms with E-state index < -0.39 is 29.9 Å². The van der Waals surface area contributed by atoms with E-state index in [0.29, 0.717) is 5.46 Å². The van der Waals surface area contributed by atoms with Crippen LogP contribution in [0.2, 0.25) is 0 Å². The Bertz CT molecular complexity index is 671. The summed E-state index contributed by atoms with van der Waals surface area (Å²) >= 11 is 0. The van der Waals surface area contributed by atoms with Gasteiger partial charge >= 0.3 is 13.1 Å². The van der Waals surface area contributed by atoms with Crippen LogP contribution in [0.25, 0.3) is 0 Å². The van der Waals surface area contributed by atoms with Crippen LogP contribution in [0, 0.1) is 0 Å². The first-order chi connectivity index (χ1) is 10.8. The Morgan fingerprint density at radius 3 is 2.21 bits per heavy atom. The molecule has 24 heavy (non-hydrogen) atoms. The Balaban J connectivity index is 2.14. The third-order valence-electron chi connectivity index (χ3n) is 4.27. The van der Waals surface area contributed by atoms with Gasteiger partial charge in [0.25, 0.3) is 5.56 Å². The standard InChI is InChI=1S/C17H26BNO5/c1-15(2,3)22-14(21)11-19-9-8-12(10-13(19)20)18-23-16(4,5)17(6,7)24-18/h8-10H,11H2,1-7H3. The van der Waals surface area contributed by atoms with Gasteiger partial charge < -0.3 is 18.6 Å². The number of nitrogens with zero attached hydrogens (tertiary/aromatic N) is 1. The van der Waals surface area contributed by atoms with E-state index in [9.17, 15) is 9.59 Å². The first kappa shape index (κ1) is 18.7. The molecule has 1 aromatic heterocycles. The van der Waals surface area contributed by atoms with E-state index >= 15 is 0 Å². The molecule has 0 amide bonds. The number of rotatable bonds is 3. The quantitative estimate of drug-likeness (QED) is 0.618. The topological polar surface area (TPSA) is 66.8 Å². The minimum atomic E-state index is -0.598. The van der Waals surface area contributed by atoms with E-state index in [1.54, 1.807) is 33.0 Å². The van der Waals surface area contributed by atoms with Crippen molar-refractivity contribution in [2.75, 3.05) is 0 Å². The number of aromatic nitrogens is 1. The summed E-state index contributed by atoms with van der Waals surface area (Å²) in [5, 5.41) is 0. The third-order valence-corrected chi connectivity index (χ3v) is 4.27. The summed E-state index contributed by atoms with van der Waals surface area (Å²) in [6, 6.07) is 3.17. The maximum Gasteiger partial charge on any atom is 0.495 e. The highest BCUT2D eigenvalue weighted by atomic mass is 16.7. The van der Waals surface area contributed by atoms with Gasteiger partial charge in [-0.15, -0.1) is 0 Å². The molecule has 2 rings (SSSR count). The van der Waals surface area contributed by atoms with Crippen molar-refractivity contribution >= 4 is 18.6 Å². The number of carbonyl (C=O) groups is 1. The summed E-state index contributed by atoms with van der Waals surface area (Å²) < 4.78 is 18.4. The molecule has 6 nitrogen and oxygen atoms in total. The summed E-state index contributed by atoms with van der Waals surface area (Å²) in [7, 11) is -0.598. The van der Waals surface area contributed by atoms with E-state index in [1.807, 2.05) is 27.7 Å². The van der Waals surface area contributed by atoms with Gasteiger partial charge in [0.15, 0.2) is 0 Å². The molecule has 1 aliphatic heterocycles. The van der Waals surface area contributed by atoms with Crippen LogP contribution in [0.1, 0.15) is 48.5 Å². The van der Waals surface area contributed by atoms with Gasteiger partial charge in [0, 0.05) is 12.3 Å². The molecule has 0 spiro atoms. The highest BCUT2D eigenvalue weighted by Crippen LogP contribution is 2.36. The van der Waals surface area contributed by atoms with Crippen molar-refractivity contribution < 1.29 is 18.8 Å². The monoisotopic (exact) mass is 335 g/mol. The van der Waals surface area contributed by atoms with Gasteiger partial charge in [-0.3, -0.25) is 9.59 Å². The summed E-state index contributed by atoms with van der Waals surface area (Å²) in [5.74, 6) is -0.451. The van der Waals surface area contributed by atoms with Crippen molar-refractivity contribution in [3.8, 4) is 0 Å². The first-order valence-corrected chi connectivity index (χ1v) is 8.09. The van der Waals surface area contributed by atoms with E-state index in [4.69, 9.17) is 14.0 Å². The fourth-order valence-electron chi connectivity index (χ4n) is 2.29. The van der Waals surface area contributed by atoms with Crippen molar-refractivity contribution in [1.82, 2.24) is 4.57 Å². The second-order valence-corrected chi connectivity index (χ2v) is 8.10. The Morgan fingerprint density at radius 2 is 1.75 bits per heavy atom. The molecule has 0 aliphatic carbocycles. The molecule has 0 saturated carbocycles. The predicted octanol–water partition coefficient (Wildman–Crippen LogP) is 1.49. The molecule has 0 N–H and O–H groups in total. The van der Waals surface area contributed by atoms with Crippen LogP contribution in [-0.2, 0) is 25.4 Å². The van der Waals surface area contributed by atoms with Crippen LogP contribution in [-0.4, -0.2) is 34.5 Å². The molecule has 1 saturated heterocycles. The van der Waals surface area contributed by atoms with Crippen molar-refractivity contribution in [1.29, 1.82) is 0 Å². The largest absolute Gasteiger partial charge is 0.495 e. The van der Waals surface area contributed by atoms with E-state index in [0.717, 1.165) is 0 Å². The average molecular weight is 335 g/mol. The van der Waals surface area contributed by atoms with Crippen LogP contribution in [0.4, 0.5) is 0 Å². The molecule has 132 valence electrons. The Kier molecular flexibility index (Phi) is 4.72. The van der Waals surface area contributed by atoms with E-state index in [2.05, 4.69) is 0 Å². The fourth-order valence-corrected chi connectivity index (χ4v) is 2.29. The summed E-state index contributed by atoms with van der Waals surface area (Å²) in [4.78, 5) is 24.1. The summed E-state index contributed by atoms with van der Waals surface area (Å²) in [6.07, 6.45) is 1.56. The molecule has 0 unspecified atom stereocenters. The number of hydrogen-bond acceptors (Lipinski definition) is 5. The SMILES string of the molecule is CC(C)(C)OC(=O)Cn1ccc(B2OC(C)(C)C(C)(C)O2)cc1=O. The molecule has 1 aromatic rings. The molecule has 0 bridgehead atoms. The summed E-state index contributed by atoms with van der Waals surface area (Å²) in [5.41, 5.74) is -1.18. The van der Waals surface area contributed by atoms with Crippen molar-refractivity contribution in [3.05, 3.63) is 28.7 Å². The van der Waals surface area contributed by atoms with Gasteiger partial charge in [0.1, 0.15) is 12.1 Å². The Labute approximate surface area is 143 Å². The maximum absolute atomic E-state index is 12.3. The van der Waals surface area contributed by atoms with Gasteiger partial charge in [0.05, 0.1) is 11.2 Å². The van der Waals surface area contributed by atoms with Crippen LogP contribution < -0.4 is 11.0 Å². The molecule has 0 aromatic carbocycles. The molecule has 0 radical (unpaired) electrons. The minimum Gasteiger partial charge on any atom is -0.459 e. The number of carbonyl (C=O) groups excluding carboxylic acids is 1. The maximum atomic E-state index is 12.3. The number of pyridine rings is 1.